The highest BCUT2D eigenvalue weighted by Crippen LogP contribution is 2.38. The maximum atomic E-state index is 14.6. The van der Waals surface area contributed by atoms with Crippen LogP contribution in [0.25, 0.3) is 0 Å². The monoisotopic (exact) mass is 526 g/mol. The van der Waals surface area contributed by atoms with Crippen molar-refractivity contribution in [3.05, 3.63) is 46.8 Å². The minimum atomic E-state index is 0. The number of nitrogens with one attached hydrogen (secondary N) is 1. The molecule has 1 aliphatic heterocycles. The lowest BCUT2D eigenvalue weighted by Crippen LogP contribution is -2.47. The molecule has 0 saturated carbocycles. The third-order valence-corrected chi connectivity index (χ3v) is 9.01. The van der Waals surface area contributed by atoms with Crippen molar-refractivity contribution >= 4 is 11.6 Å². The Labute approximate surface area is 224 Å². The Morgan fingerprint density at radius 3 is 2.44 bits per heavy atom. The normalized spacial score (nSPS) is 28.1. The Hall–Kier alpha value is -0.980. The number of likely N-dealkylation sites (tertiary alicyclic amines) is 1. The van der Waals surface area contributed by atoms with E-state index < -0.39 is 0 Å². The van der Waals surface area contributed by atoms with E-state index in [2.05, 4.69) is 42.3 Å². The van der Waals surface area contributed by atoms with Gasteiger partial charge in [0.15, 0.2) is 0 Å². The molecule has 1 heterocycles. The third kappa shape index (κ3) is 9.09. The topological polar surface area (TPSA) is 78.3 Å². The second-order valence-electron chi connectivity index (χ2n) is 11.3. The van der Waals surface area contributed by atoms with E-state index in [1.807, 2.05) is 6.08 Å². The van der Waals surface area contributed by atoms with Crippen LogP contribution in [-0.4, -0.2) is 48.1 Å². The molecular weight excluding hydrogens is 475 g/mol. The largest absolute Gasteiger partial charge is 0.412 e. The molecule has 4 rings (SSSR count). The Morgan fingerprint density at radius 1 is 1.08 bits per heavy atom. The summed E-state index contributed by atoms with van der Waals surface area (Å²) in [6.45, 7) is 9.09. The molecule has 1 saturated heterocycles. The second kappa shape index (κ2) is 16.1. The highest BCUT2D eigenvalue weighted by molar-refractivity contribution is 6.29. The molecule has 0 bridgehead atoms. The number of allylic oxidation sites excluding steroid dienone is 7. The number of hydrogen-bond donors (Lipinski definition) is 1. The van der Waals surface area contributed by atoms with Gasteiger partial charge in [0.2, 0.25) is 0 Å². The molecule has 4 atom stereocenters. The van der Waals surface area contributed by atoms with Crippen LogP contribution >= 0.6 is 11.6 Å². The molecule has 208 valence electrons. The van der Waals surface area contributed by atoms with Gasteiger partial charge in [-0.05, 0) is 101 Å². The first-order valence-corrected chi connectivity index (χ1v) is 13.9. The summed E-state index contributed by atoms with van der Waals surface area (Å²) in [5.74, 6) is 2.79. The molecule has 4 aliphatic rings. The molecule has 0 aromatic heterocycles. The fourth-order valence-corrected chi connectivity index (χ4v) is 6.54. The highest BCUT2D eigenvalue weighted by atomic mass is 35.5. The summed E-state index contributed by atoms with van der Waals surface area (Å²) in [6, 6.07) is 0.475. The zero-order valence-electron chi connectivity index (χ0n) is 21.7. The van der Waals surface area contributed by atoms with Gasteiger partial charge in [-0.2, -0.15) is 0 Å². The van der Waals surface area contributed by atoms with Gasteiger partial charge in [-0.15, -0.1) is 0 Å². The van der Waals surface area contributed by atoms with Gasteiger partial charge in [-0.1, -0.05) is 62.8 Å². The minimum Gasteiger partial charge on any atom is -0.412 e. The average molecular weight is 527 g/mol. The van der Waals surface area contributed by atoms with Gasteiger partial charge in [0.05, 0.1) is 0 Å². The number of hydrogen-bond acceptors (Lipinski definition) is 2. The van der Waals surface area contributed by atoms with Gasteiger partial charge < -0.3 is 21.2 Å². The zero-order valence-corrected chi connectivity index (χ0v) is 22.5. The summed E-state index contributed by atoms with van der Waals surface area (Å²) in [7, 11) is 0. The predicted molar refractivity (Wildman–Crippen MR) is 153 cm³/mol. The molecule has 3 aliphatic carbocycles. The molecule has 4 nitrogen and oxygen atoms in total. The standard InChI is InChI=1S/C29H44ClFN2.CH4.2H2O/c1-21(2)29(20-33-16-14-24(15-17-33)23-9-11-26(30)12-10-23)32-19-22-8-13-28(31)27(18-22)25-6-4-3-5-7-25;;;/h4,6,8,11,13,21,23-25,27,29,32H,3,5,7,9-10,12,14-20H2,1-2H3;1H4;2*1H2/t23?,25?,27?,29-;;;/m0.../s1. The average Bonchev–Trinajstić information content (AvgIpc) is 2.84. The summed E-state index contributed by atoms with van der Waals surface area (Å²) in [4.78, 5) is 2.67. The van der Waals surface area contributed by atoms with Crippen molar-refractivity contribution in [3.63, 3.8) is 0 Å². The first kappa shape index (κ1) is 33.0. The molecule has 1 fully saturated rings. The highest BCUT2D eigenvalue weighted by Gasteiger charge is 2.30. The van der Waals surface area contributed by atoms with Crippen LogP contribution in [0.3, 0.4) is 0 Å². The van der Waals surface area contributed by atoms with Gasteiger partial charge in [-0.3, -0.25) is 0 Å². The van der Waals surface area contributed by atoms with Crippen molar-refractivity contribution in [2.24, 2.45) is 29.6 Å². The van der Waals surface area contributed by atoms with Crippen LogP contribution in [-0.2, 0) is 0 Å². The van der Waals surface area contributed by atoms with Crippen LogP contribution in [0.4, 0.5) is 4.39 Å². The first-order chi connectivity index (χ1) is 16.0. The van der Waals surface area contributed by atoms with Crippen molar-refractivity contribution in [2.45, 2.75) is 85.1 Å². The van der Waals surface area contributed by atoms with Crippen molar-refractivity contribution in [1.82, 2.24) is 10.2 Å². The van der Waals surface area contributed by atoms with Crippen molar-refractivity contribution in [1.29, 1.82) is 0 Å². The van der Waals surface area contributed by atoms with E-state index in [1.165, 1.54) is 50.8 Å². The summed E-state index contributed by atoms with van der Waals surface area (Å²) in [5.41, 5.74) is 1.36. The SMILES string of the molecule is C.CC(C)[C@H](CN1CCC(C2CC=C(Cl)CC2)CC1)NCC1=CC=C(F)C(C2C=CCCC2)C1.O.O. The fraction of sp³-hybridized carbons (Fsp3) is 0.733. The molecule has 6 heteroatoms. The summed E-state index contributed by atoms with van der Waals surface area (Å²) in [5, 5.41) is 4.92. The predicted octanol–water partition coefficient (Wildman–Crippen LogP) is 6.38. The lowest BCUT2D eigenvalue weighted by molar-refractivity contribution is 0.125. The Bertz CT molecular complexity index is 771. The maximum absolute atomic E-state index is 14.6. The number of halogens is 2. The van der Waals surface area contributed by atoms with Crippen LogP contribution in [0.1, 0.15) is 79.1 Å². The molecule has 3 unspecified atom stereocenters. The van der Waals surface area contributed by atoms with Crippen LogP contribution in [0.5, 0.6) is 0 Å². The van der Waals surface area contributed by atoms with Gasteiger partial charge in [0.25, 0.3) is 0 Å². The van der Waals surface area contributed by atoms with Crippen LogP contribution in [0.15, 0.2) is 46.8 Å². The van der Waals surface area contributed by atoms with Crippen LogP contribution < -0.4 is 5.32 Å². The Balaban J connectivity index is 0.00000216. The van der Waals surface area contributed by atoms with E-state index in [0.717, 1.165) is 55.6 Å². The van der Waals surface area contributed by atoms with Gasteiger partial charge in [0.1, 0.15) is 5.83 Å². The number of piperidine rings is 1. The van der Waals surface area contributed by atoms with Crippen molar-refractivity contribution in [3.8, 4) is 0 Å². The lowest BCUT2D eigenvalue weighted by atomic mass is 9.78. The van der Waals surface area contributed by atoms with E-state index in [9.17, 15) is 4.39 Å². The molecule has 36 heavy (non-hydrogen) atoms. The minimum absolute atomic E-state index is 0. The van der Waals surface area contributed by atoms with Gasteiger partial charge in [-0.25, -0.2) is 4.39 Å². The lowest BCUT2D eigenvalue weighted by Gasteiger charge is -2.39. The maximum Gasteiger partial charge on any atom is 0.104 e. The molecule has 5 N–H and O–H groups in total. The Morgan fingerprint density at radius 2 is 1.83 bits per heavy atom. The molecule has 0 aromatic carbocycles. The summed E-state index contributed by atoms with van der Waals surface area (Å²) < 4.78 is 14.6. The molecule has 0 spiro atoms. The van der Waals surface area contributed by atoms with Gasteiger partial charge in [0, 0.05) is 30.1 Å². The Kier molecular flexibility index (Phi) is 14.8. The van der Waals surface area contributed by atoms with Gasteiger partial charge >= 0.3 is 0 Å². The van der Waals surface area contributed by atoms with E-state index in [1.54, 1.807) is 6.08 Å². The molecule has 0 radical (unpaired) electrons. The van der Waals surface area contributed by atoms with Crippen LogP contribution in [0.2, 0.25) is 0 Å². The second-order valence-corrected chi connectivity index (χ2v) is 11.8. The van der Waals surface area contributed by atoms with E-state index in [4.69, 9.17) is 11.6 Å². The van der Waals surface area contributed by atoms with Crippen molar-refractivity contribution < 1.29 is 15.3 Å². The first-order valence-electron chi connectivity index (χ1n) is 13.5. The quantitative estimate of drug-likeness (QED) is 0.372. The number of nitrogens with zero attached hydrogens (tertiary/aromatic N) is 1. The van der Waals surface area contributed by atoms with Crippen molar-refractivity contribution in [2.75, 3.05) is 26.2 Å². The van der Waals surface area contributed by atoms with Crippen LogP contribution in [0, 0.1) is 29.6 Å². The molecular formula is C30H52ClFN2O2. The molecule has 0 aromatic rings. The number of rotatable bonds is 8. The third-order valence-electron chi connectivity index (χ3n) is 8.67. The summed E-state index contributed by atoms with van der Waals surface area (Å²) >= 11 is 6.19. The van der Waals surface area contributed by atoms with E-state index in [-0.39, 0.29) is 30.1 Å². The smallest absolute Gasteiger partial charge is 0.104 e. The fourth-order valence-electron chi connectivity index (χ4n) is 6.34. The zero-order chi connectivity index (χ0) is 23.2. The summed E-state index contributed by atoms with van der Waals surface area (Å²) in [6.07, 6.45) is 21.0. The van der Waals surface area contributed by atoms with E-state index >= 15 is 0 Å². The van der Waals surface area contributed by atoms with E-state index in [0.29, 0.717) is 17.9 Å². The molecule has 0 amide bonds.